The molecule has 1 heterocycles. The van der Waals surface area contributed by atoms with E-state index in [1.54, 1.807) is 0 Å². The number of halogens is 1. The molecule has 1 aromatic carbocycles. The zero-order valence-electron chi connectivity index (χ0n) is 7.09. The van der Waals surface area contributed by atoms with Gasteiger partial charge < -0.3 is 5.32 Å². The lowest BCUT2D eigenvalue weighted by atomic mass is 10.1. The summed E-state index contributed by atoms with van der Waals surface area (Å²) in [6, 6.07) is 8.21. The number of carbonyl (C=O) groups is 1. The van der Waals surface area contributed by atoms with E-state index in [9.17, 15) is 4.79 Å². The summed E-state index contributed by atoms with van der Waals surface area (Å²) in [4.78, 5) is 11.0. The van der Waals surface area contributed by atoms with E-state index in [0.29, 0.717) is 6.42 Å². The molecule has 2 rings (SSSR count). The Balaban J connectivity index is 2.26. The summed E-state index contributed by atoms with van der Waals surface area (Å²) in [6.07, 6.45) is 1.55. The average Bonchev–Trinajstić information content (AvgIpc) is 2.53. The van der Waals surface area contributed by atoms with Crippen LogP contribution in [0, 0.1) is 0 Å². The Morgan fingerprint density at radius 1 is 1.38 bits per heavy atom. The van der Waals surface area contributed by atoms with Crippen molar-refractivity contribution < 1.29 is 4.79 Å². The van der Waals surface area contributed by atoms with Crippen molar-refractivity contribution in [1.29, 1.82) is 0 Å². The maximum Gasteiger partial charge on any atom is 0.220 e. The highest BCUT2D eigenvalue weighted by molar-refractivity contribution is 9.10. The summed E-state index contributed by atoms with van der Waals surface area (Å²) in [7, 11) is 0. The lowest BCUT2D eigenvalue weighted by Crippen LogP contribution is -2.18. The predicted molar refractivity (Wildman–Crippen MR) is 54.3 cm³/mol. The predicted octanol–water partition coefficient (Wildman–Crippen LogP) is 2.40. The Morgan fingerprint density at radius 2 is 2.15 bits per heavy atom. The molecule has 0 spiro atoms. The minimum Gasteiger partial charge on any atom is -0.349 e. The first kappa shape index (κ1) is 8.75. The van der Waals surface area contributed by atoms with Gasteiger partial charge in [-0.3, -0.25) is 4.79 Å². The van der Waals surface area contributed by atoms with Crippen LogP contribution in [0.25, 0.3) is 0 Å². The van der Waals surface area contributed by atoms with Crippen LogP contribution in [-0.4, -0.2) is 5.91 Å². The van der Waals surface area contributed by atoms with E-state index in [1.807, 2.05) is 24.3 Å². The number of hydrogen-bond acceptors (Lipinski definition) is 1. The van der Waals surface area contributed by atoms with Crippen molar-refractivity contribution in [2.45, 2.75) is 18.9 Å². The lowest BCUT2D eigenvalue weighted by Gasteiger charge is -2.11. The third-order valence-electron chi connectivity index (χ3n) is 2.28. The summed E-state index contributed by atoms with van der Waals surface area (Å²) >= 11 is 3.47. The molecule has 1 fully saturated rings. The summed E-state index contributed by atoms with van der Waals surface area (Å²) in [6.45, 7) is 0. The van der Waals surface area contributed by atoms with Gasteiger partial charge in [0.2, 0.25) is 5.91 Å². The van der Waals surface area contributed by atoms with Gasteiger partial charge in [0, 0.05) is 10.9 Å². The van der Waals surface area contributed by atoms with Crippen molar-refractivity contribution in [3.05, 3.63) is 34.3 Å². The molecule has 0 radical (unpaired) electrons. The third-order valence-corrected chi connectivity index (χ3v) is 3.00. The Morgan fingerprint density at radius 3 is 2.77 bits per heavy atom. The van der Waals surface area contributed by atoms with Gasteiger partial charge in [-0.25, -0.2) is 0 Å². The van der Waals surface area contributed by atoms with E-state index in [2.05, 4.69) is 21.2 Å². The third kappa shape index (κ3) is 1.75. The number of rotatable bonds is 1. The molecule has 3 heteroatoms. The maximum absolute atomic E-state index is 11.0. The van der Waals surface area contributed by atoms with Gasteiger partial charge >= 0.3 is 0 Å². The van der Waals surface area contributed by atoms with Crippen molar-refractivity contribution in [3.8, 4) is 0 Å². The second kappa shape index (κ2) is 3.50. The van der Waals surface area contributed by atoms with Crippen LogP contribution in [-0.2, 0) is 4.79 Å². The molecule has 13 heavy (non-hydrogen) atoms. The van der Waals surface area contributed by atoms with Crippen LogP contribution in [0.2, 0.25) is 0 Å². The van der Waals surface area contributed by atoms with Crippen molar-refractivity contribution in [2.75, 3.05) is 0 Å². The fraction of sp³-hybridized carbons (Fsp3) is 0.300. The van der Waals surface area contributed by atoms with E-state index >= 15 is 0 Å². The first-order chi connectivity index (χ1) is 6.27. The van der Waals surface area contributed by atoms with Crippen LogP contribution in [0.1, 0.15) is 24.4 Å². The number of hydrogen-bond donors (Lipinski definition) is 1. The highest BCUT2D eigenvalue weighted by atomic mass is 79.9. The second-order valence-electron chi connectivity index (χ2n) is 3.18. The lowest BCUT2D eigenvalue weighted by molar-refractivity contribution is -0.119. The second-order valence-corrected chi connectivity index (χ2v) is 4.03. The van der Waals surface area contributed by atoms with Crippen molar-refractivity contribution in [3.63, 3.8) is 0 Å². The smallest absolute Gasteiger partial charge is 0.220 e. The van der Waals surface area contributed by atoms with Gasteiger partial charge in [0.05, 0.1) is 6.04 Å². The molecule has 0 unspecified atom stereocenters. The molecule has 1 saturated heterocycles. The zero-order valence-corrected chi connectivity index (χ0v) is 8.67. The molecule has 1 aliphatic rings. The summed E-state index contributed by atoms with van der Waals surface area (Å²) in [5.41, 5.74) is 1.17. The van der Waals surface area contributed by atoms with Crippen molar-refractivity contribution >= 4 is 21.8 Å². The summed E-state index contributed by atoms with van der Waals surface area (Å²) in [5, 5.41) is 2.94. The van der Waals surface area contributed by atoms with Gasteiger partial charge in [0.15, 0.2) is 0 Å². The highest BCUT2D eigenvalue weighted by Gasteiger charge is 2.23. The molecule has 68 valence electrons. The largest absolute Gasteiger partial charge is 0.349 e. The molecule has 1 N–H and O–H groups in total. The SMILES string of the molecule is O=C1CC[C@H](c2ccccc2Br)N1. The molecule has 0 aromatic heterocycles. The van der Waals surface area contributed by atoms with Gasteiger partial charge in [0.1, 0.15) is 0 Å². The van der Waals surface area contributed by atoms with Crippen LogP contribution in [0.15, 0.2) is 28.7 Å². The van der Waals surface area contributed by atoms with E-state index in [1.165, 1.54) is 5.56 Å². The normalized spacial score (nSPS) is 21.6. The van der Waals surface area contributed by atoms with E-state index in [0.717, 1.165) is 10.9 Å². The first-order valence-corrected chi connectivity index (χ1v) is 5.10. The Labute approximate surface area is 85.5 Å². The molecule has 1 aliphatic heterocycles. The summed E-state index contributed by atoms with van der Waals surface area (Å²) in [5.74, 6) is 0.153. The van der Waals surface area contributed by atoms with Gasteiger partial charge in [-0.1, -0.05) is 34.1 Å². The van der Waals surface area contributed by atoms with E-state index in [4.69, 9.17) is 0 Å². The van der Waals surface area contributed by atoms with Gasteiger partial charge in [-0.05, 0) is 18.1 Å². The molecule has 1 aromatic rings. The number of carbonyl (C=O) groups excluding carboxylic acids is 1. The number of benzene rings is 1. The number of nitrogens with one attached hydrogen (secondary N) is 1. The minimum atomic E-state index is 0.153. The Hall–Kier alpha value is -0.830. The quantitative estimate of drug-likeness (QED) is 0.802. The van der Waals surface area contributed by atoms with Crippen LogP contribution < -0.4 is 5.32 Å². The van der Waals surface area contributed by atoms with Gasteiger partial charge in [0.25, 0.3) is 0 Å². The number of amides is 1. The van der Waals surface area contributed by atoms with Crippen molar-refractivity contribution in [2.24, 2.45) is 0 Å². The molecule has 2 nitrogen and oxygen atoms in total. The summed E-state index contributed by atoms with van der Waals surface area (Å²) < 4.78 is 1.07. The molecular weight excluding hydrogens is 230 g/mol. The first-order valence-electron chi connectivity index (χ1n) is 4.31. The van der Waals surface area contributed by atoms with E-state index < -0.39 is 0 Å². The molecule has 0 saturated carbocycles. The fourth-order valence-corrected chi connectivity index (χ4v) is 2.17. The molecule has 0 aliphatic carbocycles. The van der Waals surface area contributed by atoms with Crippen LogP contribution in [0.4, 0.5) is 0 Å². The van der Waals surface area contributed by atoms with E-state index in [-0.39, 0.29) is 11.9 Å². The van der Waals surface area contributed by atoms with Crippen LogP contribution in [0.5, 0.6) is 0 Å². The van der Waals surface area contributed by atoms with Crippen LogP contribution in [0.3, 0.4) is 0 Å². The van der Waals surface area contributed by atoms with Gasteiger partial charge in [-0.2, -0.15) is 0 Å². The zero-order chi connectivity index (χ0) is 9.26. The average molecular weight is 240 g/mol. The Kier molecular flexibility index (Phi) is 2.36. The monoisotopic (exact) mass is 239 g/mol. The molecular formula is C10H10BrNO. The van der Waals surface area contributed by atoms with Crippen molar-refractivity contribution in [1.82, 2.24) is 5.32 Å². The molecule has 0 bridgehead atoms. The highest BCUT2D eigenvalue weighted by Crippen LogP contribution is 2.29. The van der Waals surface area contributed by atoms with Crippen LogP contribution >= 0.6 is 15.9 Å². The molecule has 1 amide bonds. The maximum atomic E-state index is 11.0. The van der Waals surface area contributed by atoms with Gasteiger partial charge in [-0.15, -0.1) is 0 Å². The topological polar surface area (TPSA) is 29.1 Å². The molecule has 1 atom stereocenters. The Bertz CT molecular complexity index is 337. The standard InChI is InChI=1S/C10H10BrNO/c11-8-4-2-1-3-7(8)9-5-6-10(13)12-9/h1-4,9H,5-6H2,(H,12,13)/t9-/m1/s1. The minimum absolute atomic E-state index is 0.153. The fourth-order valence-electron chi connectivity index (χ4n) is 1.61.